The lowest BCUT2D eigenvalue weighted by Crippen LogP contribution is -2.36. The van der Waals surface area contributed by atoms with Crippen molar-refractivity contribution in [1.82, 2.24) is 10.6 Å². The summed E-state index contributed by atoms with van der Waals surface area (Å²) in [5.74, 6) is 1.02. The molecule has 5 nitrogen and oxygen atoms in total. The van der Waals surface area contributed by atoms with Gasteiger partial charge in [0.25, 0.3) is 0 Å². The number of aliphatic imine (C=N–C) groups is 1. The lowest BCUT2D eigenvalue weighted by molar-refractivity contribution is -0.117. The molecule has 1 fully saturated rings. The SMILES string of the molecule is CCNC(=NCc1ccc(N2CCCC2=O)cc1)NCc1cc(Br)cs1. The molecule has 1 aromatic carbocycles. The van der Waals surface area contributed by atoms with Crippen LogP contribution in [0.5, 0.6) is 0 Å². The predicted molar refractivity (Wildman–Crippen MR) is 112 cm³/mol. The Bertz CT molecular complexity index is 772. The third-order valence-electron chi connectivity index (χ3n) is 4.14. The molecular weight excluding hydrogens is 412 g/mol. The Hall–Kier alpha value is -1.86. The minimum absolute atomic E-state index is 0.217. The standard InChI is InChI=1S/C19H23BrN4OS/c1-2-21-19(23-12-17-10-15(20)13-26-17)22-11-14-5-7-16(8-6-14)24-9-3-4-18(24)25/h5-8,10,13H,2-4,9,11-12H2,1H3,(H2,21,22,23). The zero-order valence-corrected chi connectivity index (χ0v) is 17.2. The van der Waals surface area contributed by atoms with E-state index < -0.39 is 0 Å². The summed E-state index contributed by atoms with van der Waals surface area (Å²) in [4.78, 5) is 19.6. The number of amides is 1. The average molecular weight is 435 g/mol. The van der Waals surface area contributed by atoms with Gasteiger partial charge in [-0.1, -0.05) is 12.1 Å². The van der Waals surface area contributed by atoms with Crippen LogP contribution < -0.4 is 15.5 Å². The van der Waals surface area contributed by atoms with Crippen molar-refractivity contribution >= 4 is 44.8 Å². The summed E-state index contributed by atoms with van der Waals surface area (Å²) in [5, 5.41) is 8.71. The molecule has 0 spiro atoms. The maximum atomic E-state index is 11.8. The number of guanidine groups is 1. The summed E-state index contributed by atoms with van der Waals surface area (Å²) >= 11 is 5.19. The van der Waals surface area contributed by atoms with Crippen molar-refractivity contribution in [2.24, 2.45) is 4.99 Å². The van der Waals surface area contributed by atoms with E-state index in [1.807, 2.05) is 29.2 Å². The van der Waals surface area contributed by atoms with Crippen molar-refractivity contribution in [2.45, 2.75) is 32.9 Å². The molecule has 3 rings (SSSR count). The van der Waals surface area contributed by atoms with E-state index in [-0.39, 0.29) is 5.91 Å². The average Bonchev–Trinajstić information content (AvgIpc) is 3.26. The summed E-state index contributed by atoms with van der Waals surface area (Å²) in [7, 11) is 0. The molecule has 0 saturated carbocycles. The minimum Gasteiger partial charge on any atom is -0.357 e. The fraction of sp³-hybridized carbons (Fsp3) is 0.368. The van der Waals surface area contributed by atoms with Gasteiger partial charge in [0, 0.05) is 39.9 Å². The highest BCUT2D eigenvalue weighted by Gasteiger charge is 2.21. The van der Waals surface area contributed by atoms with Gasteiger partial charge in [0.1, 0.15) is 0 Å². The van der Waals surface area contributed by atoms with Gasteiger partial charge >= 0.3 is 0 Å². The summed E-state index contributed by atoms with van der Waals surface area (Å²) in [5.41, 5.74) is 2.10. The normalized spacial score (nSPS) is 14.8. The maximum absolute atomic E-state index is 11.8. The Morgan fingerprint density at radius 1 is 1.31 bits per heavy atom. The molecule has 0 unspecified atom stereocenters. The number of hydrogen-bond donors (Lipinski definition) is 2. The number of benzene rings is 1. The molecule has 1 saturated heterocycles. The highest BCUT2D eigenvalue weighted by Crippen LogP contribution is 2.22. The van der Waals surface area contributed by atoms with E-state index in [1.165, 1.54) is 4.88 Å². The van der Waals surface area contributed by atoms with Gasteiger partial charge < -0.3 is 15.5 Å². The molecule has 138 valence electrons. The van der Waals surface area contributed by atoms with Crippen LogP contribution in [0.15, 0.2) is 45.2 Å². The van der Waals surface area contributed by atoms with Crippen LogP contribution in [0.25, 0.3) is 0 Å². The molecule has 1 aromatic heterocycles. The molecular formula is C19H23BrN4OS. The van der Waals surface area contributed by atoms with Crippen molar-refractivity contribution in [3.63, 3.8) is 0 Å². The van der Waals surface area contributed by atoms with Gasteiger partial charge in [-0.05, 0) is 53.0 Å². The quantitative estimate of drug-likeness (QED) is 0.535. The number of halogens is 1. The summed E-state index contributed by atoms with van der Waals surface area (Å²) < 4.78 is 1.11. The van der Waals surface area contributed by atoms with Gasteiger partial charge in [0.15, 0.2) is 5.96 Å². The number of anilines is 1. The first-order valence-electron chi connectivity index (χ1n) is 8.80. The van der Waals surface area contributed by atoms with Crippen LogP contribution in [-0.4, -0.2) is 25.0 Å². The summed E-state index contributed by atoms with van der Waals surface area (Å²) in [6, 6.07) is 10.2. The molecule has 0 aliphatic carbocycles. The van der Waals surface area contributed by atoms with Crippen molar-refractivity contribution < 1.29 is 4.79 Å². The fourth-order valence-electron chi connectivity index (χ4n) is 2.83. The smallest absolute Gasteiger partial charge is 0.227 e. The Morgan fingerprint density at radius 2 is 2.12 bits per heavy atom. The largest absolute Gasteiger partial charge is 0.357 e. The highest BCUT2D eigenvalue weighted by atomic mass is 79.9. The molecule has 7 heteroatoms. The second kappa shape index (κ2) is 9.19. The van der Waals surface area contributed by atoms with Crippen LogP contribution in [0.3, 0.4) is 0 Å². The molecule has 1 aliphatic heterocycles. The second-order valence-electron chi connectivity index (χ2n) is 6.10. The first-order chi connectivity index (χ1) is 12.7. The topological polar surface area (TPSA) is 56.7 Å². The van der Waals surface area contributed by atoms with Crippen molar-refractivity contribution in [2.75, 3.05) is 18.0 Å². The lowest BCUT2D eigenvalue weighted by atomic mass is 10.2. The number of nitrogens with one attached hydrogen (secondary N) is 2. The van der Waals surface area contributed by atoms with Crippen LogP contribution in [-0.2, 0) is 17.9 Å². The van der Waals surface area contributed by atoms with E-state index in [1.54, 1.807) is 11.3 Å². The lowest BCUT2D eigenvalue weighted by Gasteiger charge is -2.15. The number of carbonyl (C=O) groups excluding carboxylic acids is 1. The monoisotopic (exact) mass is 434 g/mol. The molecule has 2 heterocycles. The first-order valence-corrected chi connectivity index (χ1v) is 10.5. The van der Waals surface area contributed by atoms with E-state index in [0.29, 0.717) is 13.0 Å². The molecule has 1 amide bonds. The van der Waals surface area contributed by atoms with Crippen molar-refractivity contribution in [3.05, 3.63) is 50.6 Å². The van der Waals surface area contributed by atoms with Crippen LogP contribution in [0.4, 0.5) is 5.69 Å². The van der Waals surface area contributed by atoms with E-state index >= 15 is 0 Å². The highest BCUT2D eigenvalue weighted by molar-refractivity contribution is 9.10. The molecule has 2 N–H and O–H groups in total. The Labute approximate surface area is 166 Å². The Balaban J connectivity index is 1.58. The van der Waals surface area contributed by atoms with E-state index in [9.17, 15) is 4.79 Å². The van der Waals surface area contributed by atoms with Crippen molar-refractivity contribution in [1.29, 1.82) is 0 Å². The number of thiophene rings is 1. The molecule has 2 aromatic rings. The molecule has 0 bridgehead atoms. The van der Waals surface area contributed by atoms with Gasteiger partial charge in [-0.25, -0.2) is 4.99 Å². The van der Waals surface area contributed by atoms with Gasteiger partial charge in [-0.15, -0.1) is 11.3 Å². The zero-order valence-electron chi connectivity index (χ0n) is 14.8. The second-order valence-corrected chi connectivity index (χ2v) is 8.01. The number of rotatable bonds is 6. The predicted octanol–water partition coefficient (Wildman–Crippen LogP) is 3.89. The van der Waals surface area contributed by atoms with Crippen LogP contribution in [0.2, 0.25) is 0 Å². The van der Waals surface area contributed by atoms with Crippen LogP contribution >= 0.6 is 27.3 Å². The van der Waals surface area contributed by atoms with Gasteiger partial charge in [0.2, 0.25) is 5.91 Å². The zero-order chi connectivity index (χ0) is 18.4. The number of hydrogen-bond acceptors (Lipinski definition) is 3. The molecule has 26 heavy (non-hydrogen) atoms. The third-order valence-corrected chi connectivity index (χ3v) is 5.83. The van der Waals surface area contributed by atoms with E-state index in [2.05, 4.69) is 49.9 Å². The minimum atomic E-state index is 0.217. The number of nitrogens with zero attached hydrogens (tertiary/aromatic N) is 2. The molecule has 0 atom stereocenters. The third kappa shape index (κ3) is 5.08. The first kappa shape index (κ1) is 18.9. The number of carbonyl (C=O) groups is 1. The summed E-state index contributed by atoms with van der Waals surface area (Å²) in [6.45, 7) is 5.04. The fourth-order valence-corrected chi connectivity index (χ4v) is 4.22. The van der Waals surface area contributed by atoms with Gasteiger partial charge in [0.05, 0.1) is 13.1 Å². The van der Waals surface area contributed by atoms with Crippen molar-refractivity contribution in [3.8, 4) is 0 Å². The Morgan fingerprint density at radius 3 is 2.73 bits per heavy atom. The molecule has 1 aliphatic rings. The van der Waals surface area contributed by atoms with Gasteiger partial charge in [-0.2, -0.15) is 0 Å². The van der Waals surface area contributed by atoms with E-state index in [4.69, 9.17) is 0 Å². The van der Waals surface area contributed by atoms with Crippen LogP contribution in [0.1, 0.15) is 30.2 Å². The van der Waals surface area contributed by atoms with Gasteiger partial charge in [-0.3, -0.25) is 4.79 Å². The van der Waals surface area contributed by atoms with E-state index in [0.717, 1.165) is 47.7 Å². The van der Waals surface area contributed by atoms with Crippen LogP contribution in [0, 0.1) is 0 Å². The molecule has 0 radical (unpaired) electrons. The summed E-state index contributed by atoms with van der Waals surface area (Å²) in [6.07, 6.45) is 1.61. The maximum Gasteiger partial charge on any atom is 0.227 e. The Kier molecular flexibility index (Phi) is 6.68.